The molecule has 0 radical (unpaired) electrons. The van der Waals surface area contributed by atoms with E-state index in [0.29, 0.717) is 11.7 Å². The van der Waals surface area contributed by atoms with Gasteiger partial charge in [0.1, 0.15) is 12.4 Å². The minimum Gasteiger partial charge on any atom is -0.362 e. The Morgan fingerprint density at radius 3 is 2.50 bits per heavy atom. The van der Waals surface area contributed by atoms with Crippen LogP contribution in [-0.4, -0.2) is 73.9 Å². The van der Waals surface area contributed by atoms with E-state index >= 15 is 0 Å². The summed E-state index contributed by atoms with van der Waals surface area (Å²) in [4.78, 5) is 12.7. The summed E-state index contributed by atoms with van der Waals surface area (Å²) in [7, 11) is 1.79. The molecule has 2 unspecified atom stereocenters. The predicted molar refractivity (Wildman–Crippen MR) is 157 cm³/mol. The lowest BCUT2D eigenvalue weighted by molar-refractivity contribution is 0.0000905. The Balaban J connectivity index is 1.31. The first kappa shape index (κ1) is 26.5. The van der Waals surface area contributed by atoms with Gasteiger partial charge in [-0.1, -0.05) is 74.7 Å². The summed E-state index contributed by atoms with van der Waals surface area (Å²) in [6.07, 6.45) is 10.0. The van der Waals surface area contributed by atoms with Crippen molar-refractivity contribution < 1.29 is 4.74 Å². The molecule has 2 aliphatic heterocycles. The maximum absolute atomic E-state index is 5.81. The number of benzene rings is 2. The second-order valence-corrected chi connectivity index (χ2v) is 11.1. The number of aromatic amines is 1. The van der Waals surface area contributed by atoms with Crippen LogP contribution in [-0.2, 0) is 11.3 Å². The molecule has 9 heteroatoms. The molecule has 0 bridgehead atoms. The number of methoxy groups -OCH3 is 1. The summed E-state index contributed by atoms with van der Waals surface area (Å²) in [5, 5.41) is 14.7. The van der Waals surface area contributed by atoms with E-state index in [9.17, 15) is 0 Å². The van der Waals surface area contributed by atoms with E-state index in [1.54, 1.807) is 7.11 Å². The lowest BCUT2D eigenvalue weighted by atomic mass is 9.86. The summed E-state index contributed by atoms with van der Waals surface area (Å²) >= 11 is 0. The Hall–Kier alpha value is -3.72. The third kappa shape index (κ3) is 5.22. The van der Waals surface area contributed by atoms with Crippen molar-refractivity contribution in [3.8, 4) is 22.5 Å². The van der Waals surface area contributed by atoms with E-state index in [-0.39, 0.29) is 12.4 Å². The van der Waals surface area contributed by atoms with Gasteiger partial charge in [-0.25, -0.2) is 4.99 Å². The Bertz CT molecular complexity index is 1330. The maximum Gasteiger partial charge on any atom is 0.205 e. The van der Waals surface area contributed by atoms with E-state index in [4.69, 9.17) is 9.73 Å². The normalized spacial score (nSPS) is 20.4. The van der Waals surface area contributed by atoms with Gasteiger partial charge in [0.25, 0.3) is 0 Å². The van der Waals surface area contributed by atoms with E-state index < -0.39 is 0 Å². The molecule has 2 atom stereocenters. The van der Waals surface area contributed by atoms with Gasteiger partial charge < -0.3 is 19.4 Å². The summed E-state index contributed by atoms with van der Waals surface area (Å²) in [5.74, 6) is 2.27. The Morgan fingerprint density at radius 2 is 1.80 bits per heavy atom. The van der Waals surface area contributed by atoms with Gasteiger partial charge >= 0.3 is 0 Å². The third-order valence-electron chi connectivity index (χ3n) is 8.52. The zero-order chi connectivity index (χ0) is 27.5. The van der Waals surface area contributed by atoms with Crippen molar-refractivity contribution in [2.45, 2.75) is 71.3 Å². The van der Waals surface area contributed by atoms with Gasteiger partial charge in [-0.3, -0.25) is 0 Å². The SMILES string of the molecule is CCCN1C=C2C(=NC(C3CCCCC3)N2Cc2ccc(-c3ccccc3-c3nn[nH]n3)cc2)N(C(C)OC)C1. The van der Waals surface area contributed by atoms with Crippen molar-refractivity contribution in [2.75, 3.05) is 20.3 Å². The highest BCUT2D eigenvalue weighted by molar-refractivity contribution is 6.00. The van der Waals surface area contributed by atoms with Crippen LogP contribution >= 0.6 is 0 Å². The first-order chi connectivity index (χ1) is 19.7. The van der Waals surface area contributed by atoms with Crippen LogP contribution < -0.4 is 0 Å². The highest BCUT2D eigenvalue weighted by Gasteiger charge is 2.41. The molecule has 9 nitrogen and oxygen atoms in total. The Morgan fingerprint density at radius 1 is 1.02 bits per heavy atom. The molecular formula is C31H40N8O. The number of ether oxygens (including phenoxy) is 1. The predicted octanol–water partition coefficient (Wildman–Crippen LogP) is 5.47. The molecule has 1 aromatic heterocycles. The minimum absolute atomic E-state index is 0.0349. The minimum atomic E-state index is -0.0349. The first-order valence-corrected chi connectivity index (χ1v) is 14.7. The van der Waals surface area contributed by atoms with Crippen LogP contribution in [0.25, 0.3) is 22.5 Å². The summed E-state index contributed by atoms with van der Waals surface area (Å²) < 4.78 is 5.81. The fraction of sp³-hybridized carbons (Fsp3) is 0.484. The fourth-order valence-corrected chi connectivity index (χ4v) is 6.36. The molecule has 2 aromatic carbocycles. The van der Waals surface area contributed by atoms with Crippen LogP contribution in [0.5, 0.6) is 0 Å². The van der Waals surface area contributed by atoms with Crippen LogP contribution in [0.2, 0.25) is 0 Å². The molecule has 1 fully saturated rings. The number of H-pyrrole nitrogens is 1. The molecule has 210 valence electrons. The van der Waals surface area contributed by atoms with Gasteiger partial charge in [0, 0.05) is 32.0 Å². The molecule has 1 aliphatic carbocycles. The molecule has 1 saturated carbocycles. The maximum atomic E-state index is 5.81. The number of nitrogens with zero attached hydrogens (tertiary/aromatic N) is 7. The molecule has 1 N–H and O–H groups in total. The highest BCUT2D eigenvalue weighted by Crippen LogP contribution is 2.39. The fourth-order valence-electron chi connectivity index (χ4n) is 6.36. The van der Waals surface area contributed by atoms with Crippen molar-refractivity contribution in [3.05, 3.63) is 66.0 Å². The average molecular weight is 541 g/mol. The van der Waals surface area contributed by atoms with Gasteiger partial charge in [-0.15, -0.1) is 10.2 Å². The standard InChI is InChI=1S/C31H40N8O/c1-4-18-37-20-28-31(39(21-37)22(2)40-3)32-30(25-10-6-5-7-11-25)38(28)19-23-14-16-24(17-15-23)26-12-8-9-13-27(26)29-33-35-36-34-29/h8-9,12-17,20,22,25,30H,4-7,10-11,18-19,21H2,1-3H3,(H,33,34,35,36). The second-order valence-electron chi connectivity index (χ2n) is 11.1. The van der Waals surface area contributed by atoms with Crippen molar-refractivity contribution >= 4 is 5.84 Å². The van der Waals surface area contributed by atoms with Crippen LogP contribution in [0, 0.1) is 5.92 Å². The molecule has 0 saturated heterocycles. The molecule has 40 heavy (non-hydrogen) atoms. The monoisotopic (exact) mass is 540 g/mol. The largest absolute Gasteiger partial charge is 0.362 e. The number of hydrogen-bond acceptors (Lipinski definition) is 8. The van der Waals surface area contributed by atoms with E-state index in [1.165, 1.54) is 43.4 Å². The van der Waals surface area contributed by atoms with Crippen LogP contribution in [0.3, 0.4) is 0 Å². The van der Waals surface area contributed by atoms with E-state index in [2.05, 4.69) is 91.8 Å². The zero-order valence-corrected chi connectivity index (χ0v) is 23.8. The number of aromatic nitrogens is 4. The molecule has 3 aromatic rings. The topological polar surface area (TPSA) is 85.8 Å². The average Bonchev–Trinajstić information content (AvgIpc) is 3.67. The van der Waals surface area contributed by atoms with Gasteiger partial charge in [0.05, 0.1) is 12.4 Å². The van der Waals surface area contributed by atoms with Crippen molar-refractivity contribution in [1.29, 1.82) is 0 Å². The number of rotatable bonds is 9. The number of tetrazole rings is 1. The third-order valence-corrected chi connectivity index (χ3v) is 8.52. The second kappa shape index (κ2) is 11.8. The molecular weight excluding hydrogens is 500 g/mol. The smallest absolute Gasteiger partial charge is 0.205 e. The number of fused-ring (bicyclic) bond motifs is 1. The molecule has 0 amide bonds. The Kier molecular flexibility index (Phi) is 7.82. The number of hydrogen-bond donors (Lipinski definition) is 1. The van der Waals surface area contributed by atoms with Gasteiger partial charge in [0.15, 0.2) is 5.84 Å². The van der Waals surface area contributed by atoms with Crippen molar-refractivity contribution in [1.82, 2.24) is 35.3 Å². The zero-order valence-electron chi connectivity index (χ0n) is 23.8. The lowest BCUT2D eigenvalue weighted by Gasteiger charge is -2.41. The summed E-state index contributed by atoms with van der Waals surface area (Å²) in [6.45, 7) is 7.01. The Labute approximate surface area is 236 Å². The lowest BCUT2D eigenvalue weighted by Crippen LogP contribution is -2.50. The first-order valence-electron chi connectivity index (χ1n) is 14.7. The highest BCUT2D eigenvalue weighted by atomic mass is 16.5. The van der Waals surface area contributed by atoms with Crippen molar-refractivity contribution in [3.63, 3.8) is 0 Å². The van der Waals surface area contributed by atoms with Crippen LogP contribution in [0.1, 0.15) is 57.9 Å². The van der Waals surface area contributed by atoms with Crippen LogP contribution in [0.15, 0.2) is 65.4 Å². The molecule has 6 rings (SSSR count). The number of aliphatic imine (C=N–C) groups is 1. The summed E-state index contributed by atoms with van der Waals surface area (Å²) in [5.41, 5.74) is 5.70. The van der Waals surface area contributed by atoms with Gasteiger partial charge in [-0.2, -0.15) is 5.21 Å². The molecule has 0 spiro atoms. The van der Waals surface area contributed by atoms with E-state index in [1.807, 2.05) is 12.1 Å². The molecule has 3 aliphatic rings. The quantitative estimate of drug-likeness (QED) is 0.385. The molecule has 3 heterocycles. The van der Waals surface area contributed by atoms with Gasteiger partial charge in [0.2, 0.25) is 5.82 Å². The number of nitrogens with one attached hydrogen (secondary N) is 1. The summed E-state index contributed by atoms with van der Waals surface area (Å²) in [6, 6.07) is 17.1. The van der Waals surface area contributed by atoms with Crippen LogP contribution in [0.4, 0.5) is 0 Å². The van der Waals surface area contributed by atoms with E-state index in [0.717, 1.165) is 48.7 Å². The number of amidine groups is 1. The van der Waals surface area contributed by atoms with Gasteiger partial charge in [-0.05, 0) is 54.0 Å². The van der Waals surface area contributed by atoms with Crippen molar-refractivity contribution in [2.24, 2.45) is 10.9 Å².